The standard InChI is InChI=1S/C13H11N5/c14-10-7-16-13(17-8-10)18-12-3-1-2-9-6-15-5-4-11(9)12/h1-8H,14H2,(H,16,17,18). The first-order chi connectivity index (χ1) is 8.83. The number of fused-ring (bicyclic) bond motifs is 1. The molecular weight excluding hydrogens is 226 g/mol. The number of nitrogens with one attached hydrogen (secondary N) is 1. The summed E-state index contributed by atoms with van der Waals surface area (Å²) in [6, 6.07) is 7.90. The molecule has 0 aliphatic carbocycles. The Bertz CT molecular complexity index is 673. The van der Waals surface area contributed by atoms with Gasteiger partial charge in [0.2, 0.25) is 5.95 Å². The van der Waals surface area contributed by atoms with Gasteiger partial charge in [0, 0.05) is 28.9 Å². The molecule has 2 heterocycles. The van der Waals surface area contributed by atoms with E-state index in [1.54, 1.807) is 18.6 Å². The fourth-order valence-electron chi connectivity index (χ4n) is 1.75. The van der Waals surface area contributed by atoms with Gasteiger partial charge >= 0.3 is 0 Å². The largest absolute Gasteiger partial charge is 0.396 e. The molecule has 0 fully saturated rings. The number of aromatic nitrogens is 3. The molecule has 0 saturated heterocycles. The first-order valence-electron chi connectivity index (χ1n) is 5.50. The molecule has 5 nitrogen and oxygen atoms in total. The highest BCUT2D eigenvalue weighted by Gasteiger charge is 2.02. The van der Waals surface area contributed by atoms with Crippen LogP contribution in [0.1, 0.15) is 0 Å². The number of rotatable bonds is 2. The molecule has 0 atom stereocenters. The van der Waals surface area contributed by atoms with E-state index in [0.29, 0.717) is 11.6 Å². The summed E-state index contributed by atoms with van der Waals surface area (Å²) in [6.07, 6.45) is 6.73. The van der Waals surface area contributed by atoms with Gasteiger partial charge in [-0.15, -0.1) is 0 Å². The number of pyridine rings is 1. The summed E-state index contributed by atoms with van der Waals surface area (Å²) in [5.74, 6) is 0.522. The third kappa shape index (κ3) is 1.93. The van der Waals surface area contributed by atoms with Gasteiger partial charge in [0.1, 0.15) is 0 Å². The Labute approximate surface area is 104 Å². The van der Waals surface area contributed by atoms with Gasteiger partial charge in [-0.2, -0.15) is 0 Å². The Morgan fingerprint density at radius 3 is 2.67 bits per heavy atom. The van der Waals surface area contributed by atoms with Gasteiger partial charge in [-0.3, -0.25) is 4.98 Å². The van der Waals surface area contributed by atoms with Crippen molar-refractivity contribution in [3.05, 3.63) is 49.1 Å². The zero-order chi connectivity index (χ0) is 12.4. The molecule has 2 aromatic heterocycles. The van der Waals surface area contributed by atoms with Crippen LogP contribution >= 0.6 is 0 Å². The van der Waals surface area contributed by atoms with E-state index in [9.17, 15) is 0 Å². The topological polar surface area (TPSA) is 76.7 Å². The number of nitrogens with two attached hydrogens (primary N) is 1. The molecule has 0 aliphatic heterocycles. The van der Waals surface area contributed by atoms with E-state index < -0.39 is 0 Å². The Hall–Kier alpha value is -2.69. The molecule has 0 unspecified atom stereocenters. The normalized spacial score (nSPS) is 10.4. The van der Waals surface area contributed by atoms with E-state index in [1.807, 2.05) is 30.5 Å². The Balaban J connectivity index is 2.02. The van der Waals surface area contributed by atoms with Crippen molar-refractivity contribution < 1.29 is 0 Å². The van der Waals surface area contributed by atoms with Crippen LogP contribution < -0.4 is 11.1 Å². The van der Waals surface area contributed by atoms with Gasteiger partial charge in [0.25, 0.3) is 0 Å². The number of nitrogens with zero attached hydrogens (tertiary/aromatic N) is 3. The fraction of sp³-hybridized carbons (Fsp3) is 0. The molecular formula is C13H11N5. The van der Waals surface area contributed by atoms with Crippen LogP contribution in [0.15, 0.2) is 49.1 Å². The van der Waals surface area contributed by atoms with Gasteiger partial charge in [-0.25, -0.2) is 9.97 Å². The minimum absolute atomic E-state index is 0.522. The highest BCUT2D eigenvalue weighted by atomic mass is 15.1. The second kappa shape index (κ2) is 4.29. The molecule has 0 bridgehead atoms. The van der Waals surface area contributed by atoms with Crippen molar-refractivity contribution in [1.29, 1.82) is 0 Å². The van der Waals surface area contributed by atoms with Gasteiger partial charge in [-0.05, 0) is 12.1 Å². The molecule has 0 saturated carbocycles. The predicted molar refractivity (Wildman–Crippen MR) is 71.5 cm³/mol. The SMILES string of the molecule is Nc1cnc(Nc2cccc3cnccc23)nc1. The third-order valence-corrected chi connectivity index (χ3v) is 2.60. The van der Waals surface area contributed by atoms with E-state index in [1.165, 1.54) is 0 Å². The van der Waals surface area contributed by atoms with Gasteiger partial charge in [0.05, 0.1) is 18.1 Å². The van der Waals surface area contributed by atoms with E-state index in [2.05, 4.69) is 20.3 Å². The molecule has 0 radical (unpaired) electrons. The molecule has 0 aliphatic rings. The molecule has 0 amide bonds. The smallest absolute Gasteiger partial charge is 0.227 e. The van der Waals surface area contributed by atoms with Crippen molar-refractivity contribution in [2.24, 2.45) is 0 Å². The number of benzene rings is 1. The van der Waals surface area contributed by atoms with Crippen molar-refractivity contribution in [1.82, 2.24) is 15.0 Å². The average Bonchev–Trinajstić information content (AvgIpc) is 2.42. The highest BCUT2D eigenvalue weighted by Crippen LogP contribution is 2.24. The molecule has 3 aromatic rings. The lowest BCUT2D eigenvalue weighted by Gasteiger charge is -2.07. The fourth-order valence-corrected chi connectivity index (χ4v) is 1.75. The number of nitrogen functional groups attached to an aromatic ring is 1. The monoisotopic (exact) mass is 237 g/mol. The third-order valence-electron chi connectivity index (χ3n) is 2.60. The zero-order valence-electron chi connectivity index (χ0n) is 9.54. The van der Waals surface area contributed by atoms with Crippen LogP contribution in [-0.2, 0) is 0 Å². The molecule has 3 rings (SSSR count). The zero-order valence-corrected chi connectivity index (χ0v) is 9.54. The van der Waals surface area contributed by atoms with Crippen molar-refractivity contribution in [2.75, 3.05) is 11.1 Å². The van der Waals surface area contributed by atoms with E-state index in [4.69, 9.17) is 5.73 Å². The lowest BCUT2D eigenvalue weighted by Crippen LogP contribution is -1.98. The van der Waals surface area contributed by atoms with Crippen molar-refractivity contribution in [3.8, 4) is 0 Å². The summed E-state index contributed by atoms with van der Waals surface area (Å²) >= 11 is 0. The lowest BCUT2D eigenvalue weighted by molar-refractivity contribution is 1.17. The summed E-state index contributed by atoms with van der Waals surface area (Å²) in [5, 5.41) is 5.31. The van der Waals surface area contributed by atoms with Crippen LogP contribution in [0.25, 0.3) is 10.8 Å². The van der Waals surface area contributed by atoms with E-state index in [-0.39, 0.29) is 0 Å². The van der Waals surface area contributed by atoms with Crippen LogP contribution in [0.2, 0.25) is 0 Å². The maximum absolute atomic E-state index is 5.55. The summed E-state index contributed by atoms with van der Waals surface area (Å²) in [6.45, 7) is 0. The number of anilines is 3. The van der Waals surface area contributed by atoms with Crippen molar-refractivity contribution in [2.45, 2.75) is 0 Å². The maximum atomic E-state index is 5.55. The first kappa shape index (κ1) is 10.5. The van der Waals surface area contributed by atoms with Gasteiger partial charge in [0.15, 0.2) is 0 Å². The molecule has 5 heteroatoms. The molecule has 0 spiro atoms. The Morgan fingerprint density at radius 1 is 1.00 bits per heavy atom. The summed E-state index contributed by atoms with van der Waals surface area (Å²) < 4.78 is 0. The summed E-state index contributed by atoms with van der Waals surface area (Å²) in [5.41, 5.74) is 7.04. The van der Waals surface area contributed by atoms with E-state index in [0.717, 1.165) is 16.5 Å². The van der Waals surface area contributed by atoms with Crippen LogP contribution in [0.3, 0.4) is 0 Å². The van der Waals surface area contributed by atoms with Crippen LogP contribution in [0, 0.1) is 0 Å². The average molecular weight is 237 g/mol. The molecule has 88 valence electrons. The van der Waals surface area contributed by atoms with Crippen molar-refractivity contribution in [3.63, 3.8) is 0 Å². The van der Waals surface area contributed by atoms with Crippen LogP contribution in [0.4, 0.5) is 17.3 Å². The Morgan fingerprint density at radius 2 is 1.83 bits per heavy atom. The summed E-state index contributed by atoms with van der Waals surface area (Å²) in [7, 11) is 0. The van der Waals surface area contributed by atoms with Crippen LogP contribution in [0.5, 0.6) is 0 Å². The van der Waals surface area contributed by atoms with Gasteiger partial charge in [-0.1, -0.05) is 12.1 Å². The number of hydrogen-bond donors (Lipinski definition) is 2. The molecule has 3 N–H and O–H groups in total. The van der Waals surface area contributed by atoms with Gasteiger partial charge < -0.3 is 11.1 Å². The summed E-state index contributed by atoms with van der Waals surface area (Å²) in [4.78, 5) is 12.3. The minimum Gasteiger partial charge on any atom is -0.396 e. The predicted octanol–water partition coefficient (Wildman–Crippen LogP) is 2.35. The quantitative estimate of drug-likeness (QED) is 0.715. The Kier molecular flexibility index (Phi) is 2.49. The second-order valence-electron chi connectivity index (χ2n) is 3.87. The first-order valence-corrected chi connectivity index (χ1v) is 5.50. The van der Waals surface area contributed by atoms with E-state index >= 15 is 0 Å². The maximum Gasteiger partial charge on any atom is 0.227 e. The lowest BCUT2D eigenvalue weighted by atomic mass is 10.1. The minimum atomic E-state index is 0.522. The molecule has 18 heavy (non-hydrogen) atoms. The second-order valence-corrected chi connectivity index (χ2v) is 3.87. The highest BCUT2D eigenvalue weighted by molar-refractivity contribution is 5.94. The molecule has 1 aromatic carbocycles. The number of hydrogen-bond acceptors (Lipinski definition) is 5. The van der Waals surface area contributed by atoms with Crippen LogP contribution in [-0.4, -0.2) is 15.0 Å². The van der Waals surface area contributed by atoms with Crippen molar-refractivity contribution >= 4 is 28.1 Å².